The highest BCUT2D eigenvalue weighted by atomic mass is 19.4. The quantitative estimate of drug-likeness (QED) is 0.474. The lowest BCUT2D eigenvalue weighted by Gasteiger charge is -2.15. The molecule has 0 radical (unpaired) electrons. The van der Waals surface area contributed by atoms with Crippen LogP contribution < -0.4 is 16.0 Å². The Morgan fingerprint density at radius 2 is 1.62 bits per heavy atom. The Morgan fingerprint density at radius 3 is 2.31 bits per heavy atom. The van der Waals surface area contributed by atoms with E-state index in [4.69, 9.17) is 4.74 Å². The van der Waals surface area contributed by atoms with Crippen LogP contribution in [0, 0.1) is 0 Å². The molecule has 0 saturated heterocycles. The summed E-state index contributed by atoms with van der Waals surface area (Å²) in [5.74, 6) is 0.628. The zero-order valence-corrected chi connectivity index (χ0v) is 17.0. The van der Waals surface area contributed by atoms with E-state index >= 15 is 0 Å². The van der Waals surface area contributed by atoms with E-state index in [1.807, 2.05) is 0 Å². The van der Waals surface area contributed by atoms with Crippen LogP contribution >= 0.6 is 0 Å². The third-order valence-corrected chi connectivity index (χ3v) is 5.08. The van der Waals surface area contributed by atoms with Crippen molar-refractivity contribution in [1.29, 1.82) is 0 Å². The molecule has 9 heteroatoms. The average Bonchev–Trinajstić information content (AvgIpc) is 2.79. The van der Waals surface area contributed by atoms with Gasteiger partial charge in [-0.25, -0.2) is 9.78 Å². The number of fused-ring (bicyclic) bond motifs is 1. The van der Waals surface area contributed by atoms with E-state index in [0.29, 0.717) is 11.3 Å². The first-order valence-electron chi connectivity index (χ1n) is 9.65. The highest BCUT2D eigenvalue weighted by Gasteiger charge is 2.30. The second-order valence-corrected chi connectivity index (χ2v) is 7.18. The van der Waals surface area contributed by atoms with Gasteiger partial charge in [0.25, 0.3) is 5.56 Å². The minimum absolute atomic E-state index is 0.0171. The Bertz CT molecular complexity index is 1390. The fraction of sp³-hybridized carbons (Fsp3) is 0.174. The smallest absolute Gasteiger partial charge is 0.416 e. The molecule has 2 aromatic heterocycles. The van der Waals surface area contributed by atoms with Crippen LogP contribution in [-0.4, -0.2) is 21.2 Å². The molecular weight excluding hydrogens is 423 g/mol. The highest BCUT2D eigenvalue weighted by Crippen LogP contribution is 2.29. The first kappa shape index (κ1) is 21.4. The van der Waals surface area contributed by atoms with Gasteiger partial charge in [-0.3, -0.25) is 13.9 Å². The summed E-state index contributed by atoms with van der Waals surface area (Å²) in [6.07, 6.45) is -3.07. The lowest BCUT2D eigenvalue weighted by atomic mass is 10.1. The molecule has 0 spiro atoms. The SMILES string of the molecule is COc1ccc(Cn2c(=O)c3ncccc3n(Cc3cccc(C(F)(F)F)c3)c2=O)cc1. The number of aromatic nitrogens is 3. The molecular formula is C23H18F3N3O3. The average molecular weight is 441 g/mol. The number of hydrogen-bond donors (Lipinski definition) is 0. The molecule has 6 nitrogen and oxygen atoms in total. The van der Waals surface area contributed by atoms with Crippen LogP contribution in [-0.2, 0) is 19.3 Å². The van der Waals surface area contributed by atoms with Gasteiger partial charge < -0.3 is 4.74 Å². The summed E-state index contributed by atoms with van der Waals surface area (Å²) in [6, 6.07) is 14.7. The Hall–Kier alpha value is -3.88. The number of hydrogen-bond acceptors (Lipinski definition) is 4. The van der Waals surface area contributed by atoms with E-state index in [0.717, 1.165) is 16.7 Å². The summed E-state index contributed by atoms with van der Waals surface area (Å²) in [6.45, 7) is -0.162. The van der Waals surface area contributed by atoms with Crippen molar-refractivity contribution in [3.05, 3.63) is 104 Å². The first-order chi connectivity index (χ1) is 15.3. The van der Waals surface area contributed by atoms with Crippen molar-refractivity contribution in [2.45, 2.75) is 19.3 Å². The molecule has 2 heterocycles. The molecule has 0 aliphatic heterocycles. The molecule has 0 unspecified atom stereocenters. The van der Waals surface area contributed by atoms with Gasteiger partial charge in [0, 0.05) is 6.20 Å². The van der Waals surface area contributed by atoms with Crippen LogP contribution in [0.5, 0.6) is 5.75 Å². The summed E-state index contributed by atoms with van der Waals surface area (Å²) in [5, 5.41) is 0. The van der Waals surface area contributed by atoms with Gasteiger partial charge in [-0.2, -0.15) is 13.2 Å². The van der Waals surface area contributed by atoms with Gasteiger partial charge in [0.05, 0.1) is 31.3 Å². The third kappa shape index (κ3) is 4.14. The molecule has 0 atom stereocenters. The predicted octanol–water partition coefficient (Wildman–Crippen LogP) is 3.68. The molecule has 164 valence electrons. The van der Waals surface area contributed by atoms with Crippen molar-refractivity contribution < 1.29 is 17.9 Å². The normalized spacial score (nSPS) is 11.6. The number of benzene rings is 2. The Balaban J connectivity index is 1.83. The number of methoxy groups -OCH3 is 1. The molecule has 4 rings (SSSR count). The number of rotatable bonds is 5. The second-order valence-electron chi connectivity index (χ2n) is 7.18. The number of alkyl halides is 3. The van der Waals surface area contributed by atoms with Gasteiger partial charge in [0.1, 0.15) is 5.75 Å². The number of pyridine rings is 1. The molecule has 0 amide bonds. The predicted molar refractivity (Wildman–Crippen MR) is 113 cm³/mol. The fourth-order valence-electron chi connectivity index (χ4n) is 3.48. The second kappa shape index (κ2) is 8.33. The van der Waals surface area contributed by atoms with Crippen LogP contribution in [0.4, 0.5) is 13.2 Å². The number of nitrogens with zero attached hydrogens (tertiary/aromatic N) is 3. The minimum atomic E-state index is -4.50. The monoisotopic (exact) mass is 441 g/mol. The van der Waals surface area contributed by atoms with Crippen LogP contribution in [0.25, 0.3) is 11.0 Å². The maximum Gasteiger partial charge on any atom is 0.416 e. The van der Waals surface area contributed by atoms with Crippen molar-refractivity contribution in [1.82, 2.24) is 14.1 Å². The topological polar surface area (TPSA) is 66.1 Å². The van der Waals surface area contributed by atoms with Gasteiger partial charge >= 0.3 is 11.9 Å². The maximum atomic E-state index is 13.3. The van der Waals surface area contributed by atoms with E-state index in [1.165, 1.54) is 30.0 Å². The molecule has 0 saturated carbocycles. The zero-order chi connectivity index (χ0) is 22.9. The molecule has 0 N–H and O–H groups in total. The van der Waals surface area contributed by atoms with Gasteiger partial charge in [-0.15, -0.1) is 0 Å². The summed E-state index contributed by atoms with van der Waals surface area (Å²) in [7, 11) is 1.53. The fourth-order valence-corrected chi connectivity index (χ4v) is 3.48. The van der Waals surface area contributed by atoms with E-state index < -0.39 is 23.0 Å². The van der Waals surface area contributed by atoms with Gasteiger partial charge in [-0.1, -0.05) is 24.3 Å². The molecule has 0 aliphatic rings. The summed E-state index contributed by atoms with van der Waals surface area (Å²) in [4.78, 5) is 30.4. The van der Waals surface area contributed by atoms with Crippen LogP contribution in [0.15, 0.2) is 76.4 Å². The van der Waals surface area contributed by atoms with Crippen molar-refractivity contribution in [3.63, 3.8) is 0 Å². The van der Waals surface area contributed by atoms with Crippen molar-refractivity contribution in [3.8, 4) is 5.75 Å². The Morgan fingerprint density at radius 1 is 0.906 bits per heavy atom. The van der Waals surface area contributed by atoms with Crippen molar-refractivity contribution >= 4 is 11.0 Å². The Kier molecular flexibility index (Phi) is 5.56. The van der Waals surface area contributed by atoms with Gasteiger partial charge in [0.15, 0.2) is 5.52 Å². The van der Waals surface area contributed by atoms with E-state index in [2.05, 4.69) is 4.98 Å². The van der Waals surface area contributed by atoms with E-state index in [-0.39, 0.29) is 29.7 Å². The van der Waals surface area contributed by atoms with Crippen LogP contribution in [0.2, 0.25) is 0 Å². The first-order valence-corrected chi connectivity index (χ1v) is 9.65. The zero-order valence-electron chi connectivity index (χ0n) is 17.0. The maximum absolute atomic E-state index is 13.3. The molecule has 0 fully saturated rings. The molecule has 4 aromatic rings. The largest absolute Gasteiger partial charge is 0.497 e. The van der Waals surface area contributed by atoms with Crippen molar-refractivity contribution in [2.75, 3.05) is 7.11 Å². The standard InChI is InChI=1S/C23H18F3N3O3/c1-32-18-9-7-15(8-10-18)13-29-21(30)20-19(6-3-11-27-20)28(22(29)31)14-16-4-2-5-17(12-16)23(24,25)26/h2-12H,13-14H2,1H3. The lowest BCUT2D eigenvalue weighted by molar-refractivity contribution is -0.137. The highest BCUT2D eigenvalue weighted by molar-refractivity contribution is 5.73. The van der Waals surface area contributed by atoms with E-state index in [1.54, 1.807) is 36.4 Å². The van der Waals surface area contributed by atoms with Crippen molar-refractivity contribution in [2.24, 2.45) is 0 Å². The number of halogens is 3. The molecule has 0 aliphatic carbocycles. The van der Waals surface area contributed by atoms with Gasteiger partial charge in [0.2, 0.25) is 0 Å². The molecule has 32 heavy (non-hydrogen) atoms. The lowest BCUT2D eigenvalue weighted by Crippen LogP contribution is -2.40. The molecule has 2 aromatic carbocycles. The van der Waals surface area contributed by atoms with E-state index in [9.17, 15) is 22.8 Å². The third-order valence-electron chi connectivity index (χ3n) is 5.08. The summed E-state index contributed by atoms with van der Waals surface area (Å²) in [5.41, 5.74) is -0.728. The summed E-state index contributed by atoms with van der Waals surface area (Å²) >= 11 is 0. The number of ether oxygens (including phenoxy) is 1. The summed E-state index contributed by atoms with van der Waals surface area (Å²) < 4.78 is 46.8. The van der Waals surface area contributed by atoms with Crippen LogP contribution in [0.1, 0.15) is 16.7 Å². The Labute approximate surface area is 180 Å². The minimum Gasteiger partial charge on any atom is -0.497 e. The van der Waals surface area contributed by atoms with Gasteiger partial charge in [-0.05, 0) is 47.5 Å². The van der Waals surface area contributed by atoms with Crippen LogP contribution in [0.3, 0.4) is 0 Å². The molecule has 0 bridgehead atoms.